The lowest BCUT2D eigenvalue weighted by Gasteiger charge is -2.22. The average Bonchev–Trinajstić information content (AvgIpc) is 2.36. The van der Waals surface area contributed by atoms with Crippen LogP contribution in [-0.2, 0) is 4.79 Å². The van der Waals surface area contributed by atoms with E-state index in [1.165, 1.54) is 6.92 Å². The van der Waals surface area contributed by atoms with Gasteiger partial charge in [0.2, 0.25) is 5.91 Å². The van der Waals surface area contributed by atoms with Gasteiger partial charge in [0.1, 0.15) is 5.60 Å². The Morgan fingerprint density at radius 2 is 2.00 bits per heavy atom. The molecule has 0 heterocycles. The quantitative estimate of drug-likeness (QED) is 0.704. The van der Waals surface area contributed by atoms with E-state index >= 15 is 0 Å². The van der Waals surface area contributed by atoms with Crippen LogP contribution in [0.1, 0.15) is 25.3 Å². The molecule has 0 aromatic heterocycles. The topological polar surface area (TPSA) is 69.6 Å². The summed E-state index contributed by atoms with van der Waals surface area (Å²) >= 11 is 0. The van der Waals surface area contributed by atoms with Gasteiger partial charge in [0.15, 0.2) is 0 Å². The molecular weight excluding hydrogens is 218 g/mol. The summed E-state index contributed by atoms with van der Waals surface area (Å²) in [5, 5.41) is 21.0. The zero-order chi connectivity index (χ0) is 12.9. The number of nitrogens with one attached hydrogen (secondary N) is 1. The van der Waals surface area contributed by atoms with Crippen molar-refractivity contribution in [3.05, 3.63) is 35.9 Å². The molecule has 0 bridgehead atoms. The maximum atomic E-state index is 11.8. The SMILES string of the molecule is CC(C(=O)NCC(C)(O)CO)c1ccccc1. The third-order valence-corrected chi connectivity index (χ3v) is 2.68. The molecule has 0 aliphatic rings. The fraction of sp³-hybridized carbons (Fsp3) is 0.462. The minimum atomic E-state index is -1.27. The van der Waals surface area contributed by atoms with Gasteiger partial charge < -0.3 is 15.5 Å². The Hall–Kier alpha value is -1.39. The Kier molecular flexibility index (Phi) is 4.66. The highest BCUT2D eigenvalue weighted by Crippen LogP contribution is 2.14. The van der Waals surface area contributed by atoms with Crippen LogP contribution in [0.3, 0.4) is 0 Å². The smallest absolute Gasteiger partial charge is 0.227 e. The summed E-state index contributed by atoms with van der Waals surface area (Å²) in [4.78, 5) is 11.8. The summed E-state index contributed by atoms with van der Waals surface area (Å²) in [6.07, 6.45) is 0. The van der Waals surface area contributed by atoms with E-state index < -0.39 is 5.60 Å². The predicted molar refractivity (Wildman–Crippen MR) is 65.6 cm³/mol. The van der Waals surface area contributed by atoms with Crippen molar-refractivity contribution in [2.24, 2.45) is 0 Å². The number of hydrogen-bond donors (Lipinski definition) is 3. The van der Waals surface area contributed by atoms with E-state index in [0.29, 0.717) is 0 Å². The summed E-state index contributed by atoms with van der Waals surface area (Å²) in [7, 11) is 0. The van der Waals surface area contributed by atoms with Crippen LogP contribution in [0.2, 0.25) is 0 Å². The molecule has 0 saturated carbocycles. The van der Waals surface area contributed by atoms with Gasteiger partial charge in [-0.2, -0.15) is 0 Å². The molecule has 1 aromatic carbocycles. The molecule has 0 spiro atoms. The van der Waals surface area contributed by atoms with E-state index in [2.05, 4.69) is 5.32 Å². The van der Waals surface area contributed by atoms with E-state index in [4.69, 9.17) is 5.11 Å². The molecule has 17 heavy (non-hydrogen) atoms. The van der Waals surface area contributed by atoms with Gasteiger partial charge in [0.25, 0.3) is 0 Å². The number of hydrogen-bond acceptors (Lipinski definition) is 3. The van der Waals surface area contributed by atoms with Crippen LogP contribution in [-0.4, -0.2) is 34.9 Å². The second-order valence-electron chi connectivity index (χ2n) is 4.51. The van der Waals surface area contributed by atoms with Gasteiger partial charge in [-0.3, -0.25) is 4.79 Å². The molecule has 1 amide bonds. The molecule has 2 atom stereocenters. The first kappa shape index (κ1) is 13.7. The van der Waals surface area contributed by atoms with Crippen LogP contribution in [0.25, 0.3) is 0 Å². The van der Waals surface area contributed by atoms with Crippen LogP contribution in [0, 0.1) is 0 Å². The fourth-order valence-corrected chi connectivity index (χ4v) is 1.38. The van der Waals surface area contributed by atoms with E-state index in [1.54, 1.807) is 6.92 Å². The molecule has 0 saturated heterocycles. The van der Waals surface area contributed by atoms with Crippen LogP contribution in [0.15, 0.2) is 30.3 Å². The number of amides is 1. The van der Waals surface area contributed by atoms with E-state index in [1.807, 2.05) is 30.3 Å². The van der Waals surface area contributed by atoms with Gasteiger partial charge in [-0.1, -0.05) is 30.3 Å². The van der Waals surface area contributed by atoms with Gasteiger partial charge in [-0.25, -0.2) is 0 Å². The summed E-state index contributed by atoms with van der Waals surface area (Å²) in [6, 6.07) is 9.42. The fourth-order valence-electron chi connectivity index (χ4n) is 1.38. The van der Waals surface area contributed by atoms with Crippen molar-refractivity contribution in [1.82, 2.24) is 5.32 Å². The van der Waals surface area contributed by atoms with Crippen molar-refractivity contribution in [1.29, 1.82) is 0 Å². The monoisotopic (exact) mass is 237 g/mol. The van der Waals surface area contributed by atoms with Crippen LogP contribution in [0.4, 0.5) is 0 Å². The zero-order valence-corrected chi connectivity index (χ0v) is 10.2. The van der Waals surface area contributed by atoms with Gasteiger partial charge in [0.05, 0.1) is 12.5 Å². The number of benzene rings is 1. The first-order valence-electron chi connectivity index (χ1n) is 5.62. The molecule has 2 unspecified atom stereocenters. The van der Waals surface area contributed by atoms with Gasteiger partial charge in [0, 0.05) is 6.54 Å². The first-order valence-corrected chi connectivity index (χ1v) is 5.62. The lowest BCUT2D eigenvalue weighted by atomic mass is 10.00. The molecule has 0 aliphatic heterocycles. The molecule has 3 N–H and O–H groups in total. The standard InChI is InChI=1S/C13H19NO3/c1-10(11-6-4-3-5-7-11)12(16)14-8-13(2,17)9-15/h3-7,10,15,17H,8-9H2,1-2H3,(H,14,16). The van der Waals surface area contributed by atoms with Gasteiger partial charge >= 0.3 is 0 Å². The number of aliphatic hydroxyl groups excluding tert-OH is 1. The molecule has 0 radical (unpaired) electrons. The molecular formula is C13H19NO3. The summed E-state index contributed by atoms with van der Waals surface area (Å²) in [5.74, 6) is -0.435. The van der Waals surface area contributed by atoms with Crippen molar-refractivity contribution in [2.75, 3.05) is 13.2 Å². The zero-order valence-electron chi connectivity index (χ0n) is 10.2. The molecule has 4 nitrogen and oxygen atoms in total. The summed E-state index contributed by atoms with van der Waals surface area (Å²) in [6.45, 7) is 2.94. The van der Waals surface area contributed by atoms with Crippen molar-refractivity contribution in [2.45, 2.75) is 25.4 Å². The highest BCUT2D eigenvalue weighted by Gasteiger charge is 2.22. The molecule has 0 fully saturated rings. The van der Waals surface area contributed by atoms with Crippen molar-refractivity contribution >= 4 is 5.91 Å². The highest BCUT2D eigenvalue weighted by molar-refractivity contribution is 5.83. The first-order chi connectivity index (χ1) is 7.96. The summed E-state index contributed by atoms with van der Waals surface area (Å²) < 4.78 is 0. The van der Waals surface area contributed by atoms with Crippen molar-refractivity contribution in [3.63, 3.8) is 0 Å². The lowest BCUT2D eigenvalue weighted by molar-refractivity contribution is -0.123. The molecule has 94 valence electrons. The van der Waals surface area contributed by atoms with Gasteiger partial charge in [-0.15, -0.1) is 0 Å². The second kappa shape index (κ2) is 5.80. The van der Waals surface area contributed by atoms with Crippen molar-refractivity contribution in [3.8, 4) is 0 Å². The average molecular weight is 237 g/mol. The van der Waals surface area contributed by atoms with E-state index in [-0.39, 0.29) is 25.0 Å². The predicted octanol–water partition coefficient (Wildman–Crippen LogP) is 0.650. The Morgan fingerprint density at radius 3 is 2.53 bits per heavy atom. The minimum Gasteiger partial charge on any atom is -0.393 e. The highest BCUT2D eigenvalue weighted by atomic mass is 16.3. The molecule has 1 aromatic rings. The van der Waals surface area contributed by atoms with Crippen LogP contribution >= 0.6 is 0 Å². The maximum Gasteiger partial charge on any atom is 0.227 e. The Morgan fingerprint density at radius 1 is 1.41 bits per heavy atom. The van der Waals surface area contributed by atoms with Crippen LogP contribution in [0.5, 0.6) is 0 Å². The maximum absolute atomic E-state index is 11.8. The van der Waals surface area contributed by atoms with E-state index in [9.17, 15) is 9.90 Å². The molecule has 4 heteroatoms. The largest absolute Gasteiger partial charge is 0.393 e. The van der Waals surface area contributed by atoms with Crippen molar-refractivity contribution < 1.29 is 15.0 Å². The number of carbonyl (C=O) groups is 1. The third kappa shape index (κ3) is 4.17. The number of carbonyl (C=O) groups excluding carboxylic acids is 1. The second-order valence-corrected chi connectivity index (χ2v) is 4.51. The Bertz CT molecular complexity index is 362. The Balaban J connectivity index is 2.54. The third-order valence-electron chi connectivity index (χ3n) is 2.68. The molecule has 0 aliphatic carbocycles. The summed E-state index contributed by atoms with van der Waals surface area (Å²) in [5.41, 5.74) is -0.347. The normalized spacial score (nSPS) is 16.0. The Labute approximate surface area is 101 Å². The van der Waals surface area contributed by atoms with E-state index in [0.717, 1.165) is 5.56 Å². The van der Waals surface area contributed by atoms with Gasteiger partial charge in [-0.05, 0) is 19.4 Å². The van der Waals surface area contributed by atoms with Crippen LogP contribution < -0.4 is 5.32 Å². The lowest BCUT2D eigenvalue weighted by Crippen LogP contribution is -2.44. The number of rotatable bonds is 5. The number of aliphatic hydroxyl groups is 2. The molecule has 1 rings (SSSR count). The minimum absolute atomic E-state index is 0.0412.